The highest BCUT2D eigenvalue weighted by molar-refractivity contribution is 7.99. The van der Waals surface area contributed by atoms with Crippen LogP contribution in [0.15, 0.2) is 5.16 Å². The highest BCUT2D eigenvalue weighted by Gasteiger charge is 2.15. The predicted molar refractivity (Wildman–Crippen MR) is 52.9 cm³/mol. The highest BCUT2D eigenvalue weighted by atomic mass is 32.2. The van der Waals surface area contributed by atoms with Gasteiger partial charge in [0.2, 0.25) is 5.16 Å². The van der Waals surface area contributed by atoms with Crippen LogP contribution in [0.2, 0.25) is 0 Å². The zero-order chi connectivity index (χ0) is 9.10. The summed E-state index contributed by atoms with van der Waals surface area (Å²) in [5.41, 5.74) is 0. The van der Waals surface area contributed by atoms with Gasteiger partial charge in [0.1, 0.15) is 5.82 Å². The fourth-order valence-corrected chi connectivity index (χ4v) is 2.49. The van der Waals surface area contributed by atoms with Gasteiger partial charge in [0.15, 0.2) is 0 Å². The molecule has 0 amide bonds. The normalized spacial score (nSPS) is 19.2. The second kappa shape index (κ2) is 4.11. The summed E-state index contributed by atoms with van der Waals surface area (Å²) in [5, 5.41) is 11.9. The van der Waals surface area contributed by atoms with Gasteiger partial charge in [-0.2, -0.15) is 0 Å². The number of aromatic amines is 1. The Bertz CT molecular complexity index is 267. The van der Waals surface area contributed by atoms with Crippen LogP contribution in [0.1, 0.15) is 18.7 Å². The van der Waals surface area contributed by atoms with Gasteiger partial charge in [0.05, 0.1) is 0 Å². The standard InChI is InChI=1S/C8H14N4S/c1-6-10-8(12-11-6)13-7-2-4-9-5-3-7/h7,9H,2-5H2,1H3,(H,10,11,12). The summed E-state index contributed by atoms with van der Waals surface area (Å²) in [5.74, 6) is 0.899. The monoisotopic (exact) mass is 198 g/mol. The molecular weight excluding hydrogens is 184 g/mol. The molecule has 4 nitrogen and oxygen atoms in total. The minimum absolute atomic E-state index is 0.691. The number of rotatable bonds is 2. The van der Waals surface area contributed by atoms with Crippen LogP contribution in [0.3, 0.4) is 0 Å². The largest absolute Gasteiger partial charge is 0.317 e. The van der Waals surface area contributed by atoms with Crippen molar-refractivity contribution in [3.8, 4) is 0 Å². The number of nitrogens with one attached hydrogen (secondary N) is 2. The second-order valence-corrected chi connectivity index (χ2v) is 4.54. The highest BCUT2D eigenvalue weighted by Crippen LogP contribution is 2.25. The topological polar surface area (TPSA) is 53.6 Å². The summed E-state index contributed by atoms with van der Waals surface area (Å²) in [4.78, 5) is 4.28. The van der Waals surface area contributed by atoms with Gasteiger partial charge in [-0.05, 0) is 32.9 Å². The van der Waals surface area contributed by atoms with Crippen LogP contribution < -0.4 is 5.32 Å². The van der Waals surface area contributed by atoms with Gasteiger partial charge in [-0.15, -0.1) is 5.10 Å². The Hall–Kier alpha value is -0.550. The molecule has 2 rings (SSSR count). The summed E-state index contributed by atoms with van der Waals surface area (Å²) in [6.45, 7) is 4.18. The van der Waals surface area contributed by atoms with Crippen LogP contribution in [0, 0.1) is 6.92 Å². The van der Waals surface area contributed by atoms with Crippen LogP contribution in [-0.2, 0) is 0 Å². The minimum atomic E-state index is 0.691. The summed E-state index contributed by atoms with van der Waals surface area (Å²) in [7, 11) is 0. The molecular formula is C8H14N4S. The van der Waals surface area contributed by atoms with Gasteiger partial charge in [-0.25, -0.2) is 4.98 Å². The van der Waals surface area contributed by atoms with E-state index in [4.69, 9.17) is 0 Å². The molecule has 2 N–H and O–H groups in total. The maximum Gasteiger partial charge on any atom is 0.208 e. The fraction of sp³-hybridized carbons (Fsp3) is 0.750. The van der Waals surface area contributed by atoms with E-state index in [0.717, 1.165) is 24.1 Å². The Morgan fingerprint density at radius 3 is 2.77 bits per heavy atom. The minimum Gasteiger partial charge on any atom is -0.317 e. The molecule has 5 heteroatoms. The van der Waals surface area contributed by atoms with Crippen molar-refractivity contribution in [3.63, 3.8) is 0 Å². The van der Waals surface area contributed by atoms with Gasteiger partial charge in [0.25, 0.3) is 0 Å². The van der Waals surface area contributed by atoms with E-state index in [1.807, 2.05) is 6.92 Å². The summed E-state index contributed by atoms with van der Waals surface area (Å²) in [6, 6.07) is 0. The molecule has 1 aliphatic heterocycles. The molecule has 1 fully saturated rings. The summed E-state index contributed by atoms with van der Waals surface area (Å²) in [6.07, 6.45) is 2.44. The number of hydrogen-bond acceptors (Lipinski definition) is 4. The van der Waals surface area contributed by atoms with Gasteiger partial charge >= 0.3 is 0 Å². The van der Waals surface area contributed by atoms with E-state index >= 15 is 0 Å². The molecule has 72 valence electrons. The fourth-order valence-electron chi connectivity index (χ4n) is 1.44. The molecule has 1 aliphatic rings. The second-order valence-electron chi connectivity index (χ2n) is 3.27. The number of piperidine rings is 1. The molecule has 0 saturated carbocycles. The van der Waals surface area contributed by atoms with E-state index < -0.39 is 0 Å². The van der Waals surface area contributed by atoms with Gasteiger partial charge < -0.3 is 5.32 Å². The molecule has 0 unspecified atom stereocenters. The van der Waals surface area contributed by atoms with Crippen molar-refractivity contribution in [2.45, 2.75) is 30.2 Å². The first-order chi connectivity index (χ1) is 6.34. The third kappa shape index (κ3) is 2.45. The number of aryl methyl sites for hydroxylation is 1. The average Bonchev–Trinajstić information content (AvgIpc) is 2.53. The number of thioether (sulfide) groups is 1. The number of hydrogen-bond donors (Lipinski definition) is 2. The Morgan fingerprint density at radius 2 is 2.15 bits per heavy atom. The molecule has 0 spiro atoms. The molecule has 2 heterocycles. The molecule has 0 atom stereocenters. The lowest BCUT2D eigenvalue weighted by atomic mass is 10.2. The van der Waals surface area contributed by atoms with Crippen LogP contribution >= 0.6 is 11.8 Å². The van der Waals surface area contributed by atoms with Crippen LogP contribution in [0.5, 0.6) is 0 Å². The maximum atomic E-state index is 4.28. The third-order valence-corrected chi connectivity index (χ3v) is 3.33. The van der Waals surface area contributed by atoms with E-state index in [9.17, 15) is 0 Å². The van der Waals surface area contributed by atoms with Crippen LogP contribution in [0.25, 0.3) is 0 Å². The number of nitrogens with zero attached hydrogens (tertiary/aromatic N) is 2. The molecule has 0 bridgehead atoms. The van der Waals surface area contributed by atoms with Crippen molar-refractivity contribution < 1.29 is 0 Å². The number of aromatic nitrogens is 3. The Labute approximate surface area is 81.9 Å². The van der Waals surface area contributed by atoms with E-state index in [1.165, 1.54) is 12.8 Å². The lowest BCUT2D eigenvalue weighted by Gasteiger charge is -2.20. The zero-order valence-electron chi connectivity index (χ0n) is 7.71. The Morgan fingerprint density at radius 1 is 1.38 bits per heavy atom. The van der Waals surface area contributed by atoms with Crippen molar-refractivity contribution >= 4 is 11.8 Å². The van der Waals surface area contributed by atoms with Crippen molar-refractivity contribution in [1.29, 1.82) is 0 Å². The van der Waals surface area contributed by atoms with Gasteiger partial charge in [0, 0.05) is 5.25 Å². The van der Waals surface area contributed by atoms with Gasteiger partial charge in [-0.3, -0.25) is 5.10 Å². The first-order valence-electron chi connectivity index (χ1n) is 4.61. The molecule has 1 aromatic rings. The van der Waals surface area contributed by atoms with Crippen molar-refractivity contribution in [1.82, 2.24) is 20.5 Å². The van der Waals surface area contributed by atoms with E-state index in [2.05, 4.69) is 20.5 Å². The lowest BCUT2D eigenvalue weighted by molar-refractivity contribution is 0.531. The third-order valence-electron chi connectivity index (χ3n) is 2.13. The molecule has 0 aromatic carbocycles. The van der Waals surface area contributed by atoms with E-state index in [1.54, 1.807) is 11.8 Å². The first-order valence-corrected chi connectivity index (χ1v) is 5.49. The zero-order valence-corrected chi connectivity index (χ0v) is 8.52. The molecule has 0 aliphatic carbocycles. The molecule has 1 aromatic heterocycles. The smallest absolute Gasteiger partial charge is 0.208 e. The average molecular weight is 198 g/mol. The Kier molecular flexibility index (Phi) is 2.85. The first kappa shape index (κ1) is 9.02. The number of H-pyrrole nitrogens is 1. The molecule has 0 radical (unpaired) electrons. The summed E-state index contributed by atoms with van der Waals surface area (Å²) >= 11 is 1.79. The predicted octanol–water partition coefficient (Wildman–Crippen LogP) is 0.957. The Balaban J connectivity index is 1.89. The SMILES string of the molecule is Cc1nc(SC2CCNCC2)n[nH]1. The van der Waals surface area contributed by atoms with E-state index in [-0.39, 0.29) is 0 Å². The summed E-state index contributed by atoms with van der Waals surface area (Å²) < 4.78 is 0. The quantitative estimate of drug-likeness (QED) is 0.743. The molecule has 1 saturated heterocycles. The van der Waals surface area contributed by atoms with Crippen LogP contribution in [0.4, 0.5) is 0 Å². The lowest BCUT2D eigenvalue weighted by Crippen LogP contribution is -2.29. The van der Waals surface area contributed by atoms with Crippen molar-refractivity contribution in [3.05, 3.63) is 5.82 Å². The molecule has 13 heavy (non-hydrogen) atoms. The van der Waals surface area contributed by atoms with Crippen molar-refractivity contribution in [2.75, 3.05) is 13.1 Å². The maximum absolute atomic E-state index is 4.28. The van der Waals surface area contributed by atoms with Gasteiger partial charge in [-0.1, -0.05) is 11.8 Å². The van der Waals surface area contributed by atoms with Crippen LogP contribution in [-0.4, -0.2) is 33.5 Å². The van der Waals surface area contributed by atoms with Crippen molar-refractivity contribution in [2.24, 2.45) is 0 Å². The van der Waals surface area contributed by atoms with E-state index in [0.29, 0.717) is 5.25 Å².